The van der Waals surface area contributed by atoms with Crippen LogP contribution in [-0.2, 0) is 6.54 Å². The molecule has 0 saturated heterocycles. The number of amides is 1. The summed E-state index contributed by atoms with van der Waals surface area (Å²) in [4.78, 5) is 16.4. The molecule has 1 aliphatic rings. The summed E-state index contributed by atoms with van der Waals surface area (Å²) in [6.45, 7) is 5.19. The first-order valence-electron chi connectivity index (χ1n) is 8.35. The fraction of sp³-hybridized carbons (Fsp3) is 0.500. The van der Waals surface area contributed by atoms with Crippen LogP contribution in [0.4, 0.5) is 0 Å². The van der Waals surface area contributed by atoms with Gasteiger partial charge >= 0.3 is 0 Å². The van der Waals surface area contributed by atoms with E-state index in [9.17, 15) is 4.79 Å². The van der Waals surface area contributed by atoms with Gasteiger partial charge < -0.3 is 5.32 Å². The Bertz CT molecular complexity index is 636. The highest BCUT2D eigenvalue weighted by atomic mass is 16.1. The lowest BCUT2D eigenvalue weighted by atomic mass is 9.78. The standard InChI is InChI=1S/C18H24N4O/c1-13-4-3-5-17(14(13)2)21-18(23)16-8-6-15(7-9-16)10-22-12-19-11-20-22/h6-9,11-14,17H,3-5,10H2,1-2H3,(H,21,23). The second-order valence-corrected chi connectivity index (χ2v) is 6.64. The molecule has 5 heteroatoms. The Balaban J connectivity index is 1.61. The highest BCUT2D eigenvalue weighted by Crippen LogP contribution is 2.29. The number of aromatic nitrogens is 3. The molecule has 1 heterocycles. The molecule has 5 nitrogen and oxygen atoms in total. The molecule has 3 atom stereocenters. The van der Waals surface area contributed by atoms with E-state index < -0.39 is 0 Å². The molecule has 0 aliphatic heterocycles. The van der Waals surface area contributed by atoms with Crippen molar-refractivity contribution in [3.05, 3.63) is 48.0 Å². The highest BCUT2D eigenvalue weighted by molar-refractivity contribution is 5.94. The Morgan fingerprint density at radius 1 is 1.26 bits per heavy atom. The summed E-state index contributed by atoms with van der Waals surface area (Å²) in [6, 6.07) is 8.02. The number of carbonyl (C=O) groups excluding carboxylic acids is 1. The Morgan fingerprint density at radius 3 is 2.74 bits per heavy atom. The van der Waals surface area contributed by atoms with E-state index in [2.05, 4.69) is 29.2 Å². The van der Waals surface area contributed by atoms with E-state index in [-0.39, 0.29) is 5.91 Å². The summed E-state index contributed by atoms with van der Waals surface area (Å²) < 4.78 is 1.76. The second-order valence-electron chi connectivity index (χ2n) is 6.64. The van der Waals surface area contributed by atoms with Gasteiger partial charge in [0.2, 0.25) is 0 Å². The van der Waals surface area contributed by atoms with Crippen molar-refractivity contribution in [1.29, 1.82) is 0 Å². The Morgan fingerprint density at radius 2 is 2.04 bits per heavy atom. The van der Waals surface area contributed by atoms with Crippen LogP contribution < -0.4 is 5.32 Å². The molecule has 1 N–H and O–H groups in total. The molecule has 122 valence electrons. The number of hydrogen-bond donors (Lipinski definition) is 1. The quantitative estimate of drug-likeness (QED) is 0.944. The first-order chi connectivity index (χ1) is 11.1. The van der Waals surface area contributed by atoms with Crippen molar-refractivity contribution in [2.24, 2.45) is 11.8 Å². The number of nitrogens with zero attached hydrogens (tertiary/aromatic N) is 3. The van der Waals surface area contributed by atoms with Crippen molar-refractivity contribution in [1.82, 2.24) is 20.1 Å². The lowest BCUT2D eigenvalue weighted by Gasteiger charge is -2.34. The van der Waals surface area contributed by atoms with Crippen LogP contribution in [-0.4, -0.2) is 26.7 Å². The maximum atomic E-state index is 12.5. The van der Waals surface area contributed by atoms with Gasteiger partial charge in [-0.2, -0.15) is 5.10 Å². The van der Waals surface area contributed by atoms with Gasteiger partial charge in [0.25, 0.3) is 5.91 Å². The molecule has 1 aliphatic carbocycles. The predicted molar refractivity (Wildman–Crippen MR) is 89.0 cm³/mol. The smallest absolute Gasteiger partial charge is 0.251 e. The van der Waals surface area contributed by atoms with Crippen LogP contribution in [0.15, 0.2) is 36.9 Å². The van der Waals surface area contributed by atoms with E-state index in [4.69, 9.17) is 0 Å². The third-order valence-corrected chi connectivity index (χ3v) is 5.05. The lowest BCUT2D eigenvalue weighted by Crippen LogP contribution is -2.43. The van der Waals surface area contributed by atoms with Gasteiger partial charge in [-0.25, -0.2) is 9.67 Å². The number of nitrogens with one attached hydrogen (secondary N) is 1. The molecule has 0 spiro atoms. The highest BCUT2D eigenvalue weighted by Gasteiger charge is 2.28. The topological polar surface area (TPSA) is 59.8 Å². The van der Waals surface area contributed by atoms with Crippen molar-refractivity contribution >= 4 is 5.91 Å². The summed E-state index contributed by atoms with van der Waals surface area (Å²) in [7, 11) is 0. The average molecular weight is 312 g/mol. The molecule has 1 aromatic heterocycles. The molecule has 2 aromatic rings. The van der Waals surface area contributed by atoms with Crippen LogP contribution in [0.2, 0.25) is 0 Å². The number of carbonyl (C=O) groups is 1. The molecule has 1 fully saturated rings. The molecule has 1 aromatic carbocycles. The van der Waals surface area contributed by atoms with Crippen molar-refractivity contribution < 1.29 is 4.79 Å². The predicted octanol–water partition coefficient (Wildman–Crippen LogP) is 2.88. The van der Waals surface area contributed by atoms with Gasteiger partial charge in [0.1, 0.15) is 12.7 Å². The third kappa shape index (κ3) is 3.78. The summed E-state index contributed by atoms with van der Waals surface area (Å²) >= 11 is 0. The number of hydrogen-bond acceptors (Lipinski definition) is 3. The second kappa shape index (κ2) is 6.94. The van der Waals surface area contributed by atoms with E-state index in [1.165, 1.54) is 19.2 Å². The Kier molecular flexibility index (Phi) is 4.74. The van der Waals surface area contributed by atoms with Gasteiger partial charge in [-0.05, 0) is 36.0 Å². The van der Waals surface area contributed by atoms with E-state index in [1.807, 2.05) is 24.3 Å². The van der Waals surface area contributed by atoms with E-state index in [1.54, 1.807) is 11.0 Å². The molecule has 1 amide bonds. The first-order valence-corrected chi connectivity index (χ1v) is 8.35. The minimum absolute atomic E-state index is 0.0308. The molecule has 23 heavy (non-hydrogen) atoms. The molecule has 1 saturated carbocycles. The average Bonchev–Trinajstić information content (AvgIpc) is 3.05. The van der Waals surface area contributed by atoms with Crippen LogP contribution in [0.3, 0.4) is 0 Å². The van der Waals surface area contributed by atoms with Crippen LogP contribution in [0, 0.1) is 11.8 Å². The van der Waals surface area contributed by atoms with Crippen molar-refractivity contribution in [3.8, 4) is 0 Å². The van der Waals surface area contributed by atoms with E-state index in [0.717, 1.165) is 17.5 Å². The molecular formula is C18H24N4O. The Hall–Kier alpha value is -2.17. The first kappa shape index (κ1) is 15.7. The van der Waals surface area contributed by atoms with E-state index in [0.29, 0.717) is 24.4 Å². The molecular weight excluding hydrogens is 288 g/mol. The summed E-state index contributed by atoms with van der Waals surface area (Å²) in [5.74, 6) is 1.25. The zero-order valence-electron chi connectivity index (χ0n) is 13.8. The van der Waals surface area contributed by atoms with Gasteiger partial charge in [0.05, 0.1) is 6.54 Å². The summed E-state index contributed by atoms with van der Waals surface area (Å²) in [5, 5.41) is 7.30. The fourth-order valence-corrected chi connectivity index (χ4v) is 3.30. The third-order valence-electron chi connectivity index (χ3n) is 5.05. The minimum atomic E-state index is 0.0308. The monoisotopic (exact) mass is 312 g/mol. The summed E-state index contributed by atoms with van der Waals surface area (Å²) in [5.41, 5.74) is 1.82. The van der Waals surface area contributed by atoms with E-state index >= 15 is 0 Å². The number of benzene rings is 1. The van der Waals surface area contributed by atoms with Crippen LogP contribution in [0.25, 0.3) is 0 Å². The van der Waals surface area contributed by atoms with Gasteiger partial charge in [0, 0.05) is 11.6 Å². The summed E-state index contributed by atoms with van der Waals surface area (Å²) in [6.07, 6.45) is 6.76. The lowest BCUT2D eigenvalue weighted by molar-refractivity contribution is 0.0891. The van der Waals surface area contributed by atoms with Crippen LogP contribution >= 0.6 is 0 Å². The maximum absolute atomic E-state index is 12.5. The zero-order chi connectivity index (χ0) is 16.2. The molecule has 3 unspecified atom stereocenters. The van der Waals surface area contributed by atoms with Gasteiger partial charge in [-0.3, -0.25) is 4.79 Å². The van der Waals surface area contributed by atoms with Gasteiger partial charge in [-0.1, -0.05) is 38.8 Å². The largest absolute Gasteiger partial charge is 0.349 e. The van der Waals surface area contributed by atoms with Gasteiger partial charge in [-0.15, -0.1) is 0 Å². The fourth-order valence-electron chi connectivity index (χ4n) is 3.30. The number of rotatable bonds is 4. The van der Waals surface area contributed by atoms with Crippen LogP contribution in [0.1, 0.15) is 49.0 Å². The normalized spacial score (nSPS) is 24.3. The SMILES string of the molecule is CC1CCCC(NC(=O)c2ccc(Cn3cncn3)cc2)C1C. The van der Waals surface area contributed by atoms with Crippen molar-refractivity contribution in [2.75, 3.05) is 0 Å². The molecule has 0 bridgehead atoms. The molecule has 3 rings (SSSR count). The van der Waals surface area contributed by atoms with Crippen molar-refractivity contribution in [3.63, 3.8) is 0 Å². The zero-order valence-corrected chi connectivity index (χ0v) is 13.8. The van der Waals surface area contributed by atoms with Crippen molar-refractivity contribution in [2.45, 2.75) is 45.7 Å². The van der Waals surface area contributed by atoms with Crippen LogP contribution in [0.5, 0.6) is 0 Å². The minimum Gasteiger partial charge on any atom is -0.349 e. The van der Waals surface area contributed by atoms with Gasteiger partial charge in [0.15, 0.2) is 0 Å². The Labute approximate surface area is 137 Å². The maximum Gasteiger partial charge on any atom is 0.251 e. The molecule has 0 radical (unpaired) electrons.